The molecule has 0 saturated heterocycles. The van der Waals surface area contributed by atoms with Gasteiger partial charge in [-0.05, 0) is 29.2 Å². The molecule has 3 nitrogen and oxygen atoms in total. The van der Waals surface area contributed by atoms with Gasteiger partial charge in [-0.3, -0.25) is 4.79 Å². The monoisotopic (exact) mass is 284 g/mol. The molecule has 0 saturated carbocycles. The predicted molar refractivity (Wildman–Crippen MR) is 82.8 cm³/mol. The number of ether oxygens (including phenoxy) is 1. The summed E-state index contributed by atoms with van der Waals surface area (Å²) < 4.78 is 5.71. The Morgan fingerprint density at radius 3 is 2.38 bits per heavy atom. The first-order valence-corrected chi connectivity index (χ1v) is 7.13. The van der Waals surface area contributed by atoms with Gasteiger partial charge in [0.15, 0.2) is 0 Å². The topological polar surface area (TPSA) is 46.5 Å². The molecule has 0 aliphatic carbocycles. The minimum absolute atomic E-state index is 0.0147. The van der Waals surface area contributed by atoms with Gasteiger partial charge in [0.1, 0.15) is 5.75 Å². The standard InChI is InChI=1S/C18H20O3/c1-14(13-18(19)20)16-7-9-17(10-8-16)21-12-11-15-5-3-2-4-6-15/h2-10,14H,11-13H2,1H3,(H,19,20). The normalized spacial score (nSPS) is 11.9. The van der Waals surface area contributed by atoms with Crippen LogP contribution in [0, 0.1) is 0 Å². The van der Waals surface area contributed by atoms with Gasteiger partial charge in [0, 0.05) is 6.42 Å². The molecule has 0 aromatic heterocycles. The minimum atomic E-state index is -0.773. The number of rotatable bonds is 7. The summed E-state index contributed by atoms with van der Waals surface area (Å²) in [6.45, 7) is 2.55. The summed E-state index contributed by atoms with van der Waals surface area (Å²) >= 11 is 0. The lowest BCUT2D eigenvalue weighted by molar-refractivity contribution is -0.137. The number of carboxylic acid groups (broad SMARTS) is 1. The maximum Gasteiger partial charge on any atom is 0.303 e. The van der Waals surface area contributed by atoms with E-state index in [0.29, 0.717) is 6.61 Å². The molecule has 110 valence electrons. The molecular weight excluding hydrogens is 264 g/mol. The first kappa shape index (κ1) is 15.1. The first-order valence-electron chi connectivity index (χ1n) is 7.13. The van der Waals surface area contributed by atoms with E-state index < -0.39 is 5.97 Å². The molecule has 0 heterocycles. The summed E-state index contributed by atoms with van der Waals surface area (Å²) in [6.07, 6.45) is 1.02. The highest BCUT2D eigenvalue weighted by Crippen LogP contribution is 2.22. The van der Waals surface area contributed by atoms with Crippen molar-refractivity contribution in [1.82, 2.24) is 0 Å². The van der Waals surface area contributed by atoms with Crippen LogP contribution in [0.15, 0.2) is 54.6 Å². The fourth-order valence-electron chi connectivity index (χ4n) is 2.20. The molecule has 0 spiro atoms. The van der Waals surface area contributed by atoms with E-state index in [0.717, 1.165) is 17.7 Å². The molecule has 0 fully saturated rings. The van der Waals surface area contributed by atoms with Crippen LogP contribution in [0.4, 0.5) is 0 Å². The summed E-state index contributed by atoms with van der Waals surface area (Å²) in [5.41, 5.74) is 2.28. The Morgan fingerprint density at radius 2 is 1.76 bits per heavy atom. The second-order valence-electron chi connectivity index (χ2n) is 5.15. The SMILES string of the molecule is CC(CC(=O)O)c1ccc(OCCc2ccccc2)cc1. The fraction of sp³-hybridized carbons (Fsp3) is 0.278. The lowest BCUT2D eigenvalue weighted by atomic mass is 9.98. The highest BCUT2D eigenvalue weighted by Gasteiger charge is 2.09. The van der Waals surface area contributed by atoms with E-state index in [9.17, 15) is 4.79 Å². The Bertz CT molecular complexity index is 561. The molecule has 3 heteroatoms. The molecule has 1 N–H and O–H groups in total. The lowest BCUT2D eigenvalue weighted by Gasteiger charge is -2.11. The molecule has 2 aromatic carbocycles. The van der Waals surface area contributed by atoms with Crippen LogP contribution < -0.4 is 4.74 Å². The van der Waals surface area contributed by atoms with Crippen molar-refractivity contribution >= 4 is 5.97 Å². The van der Waals surface area contributed by atoms with Crippen LogP contribution in [0.2, 0.25) is 0 Å². The van der Waals surface area contributed by atoms with Crippen LogP contribution in [-0.4, -0.2) is 17.7 Å². The van der Waals surface area contributed by atoms with Crippen LogP contribution in [0.25, 0.3) is 0 Å². The third-order valence-corrected chi connectivity index (χ3v) is 3.43. The summed E-state index contributed by atoms with van der Waals surface area (Å²) in [5, 5.41) is 8.80. The van der Waals surface area contributed by atoms with Crippen molar-refractivity contribution in [3.8, 4) is 5.75 Å². The van der Waals surface area contributed by atoms with Crippen molar-refractivity contribution in [3.63, 3.8) is 0 Å². The number of hydrogen-bond donors (Lipinski definition) is 1. The van der Waals surface area contributed by atoms with Crippen molar-refractivity contribution in [3.05, 3.63) is 65.7 Å². The summed E-state index contributed by atoms with van der Waals surface area (Å²) in [6, 6.07) is 17.9. The van der Waals surface area contributed by atoms with Gasteiger partial charge in [-0.1, -0.05) is 49.4 Å². The van der Waals surface area contributed by atoms with Crippen LogP contribution in [0.5, 0.6) is 5.75 Å². The summed E-state index contributed by atoms with van der Waals surface area (Å²) in [4.78, 5) is 10.7. The van der Waals surface area contributed by atoms with Crippen LogP contribution >= 0.6 is 0 Å². The van der Waals surface area contributed by atoms with E-state index in [2.05, 4.69) is 12.1 Å². The second-order valence-corrected chi connectivity index (χ2v) is 5.15. The third-order valence-electron chi connectivity index (χ3n) is 3.43. The molecule has 0 radical (unpaired) electrons. The van der Waals surface area contributed by atoms with Gasteiger partial charge in [-0.25, -0.2) is 0 Å². The van der Waals surface area contributed by atoms with Gasteiger partial charge in [-0.2, -0.15) is 0 Å². The molecule has 0 aliphatic rings. The average molecular weight is 284 g/mol. The van der Waals surface area contributed by atoms with E-state index in [1.807, 2.05) is 49.4 Å². The van der Waals surface area contributed by atoms with Gasteiger partial charge in [0.05, 0.1) is 13.0 Å². The third kappa shape index (κ3) is 4.95. The maximum atomic E-state index is 10.7. The predicted octanol–water partition coefficient (Wildman–Crippen LogP) is 3.89. The zero-order chi connectivity index (χ0) is 15.1. The van der Waals surface area contributed by atoms with Crippen molar-refractivity contribution in [2.45, 2.75) is 25.7 Å². The van der Waals surface area contributed by atoms with Crippen molar-refractivity contribution in [2.75, 3.05) is 6.61 Å². The lowest BCUT2D eigenvalue weighted by Crippen LogP contribution is -2.03. The smallest absolute Gasteiger partial charge is 0.303 e. The molecule has 2 rings (SSSR count). The van der Waals surface area contributed by atoms with E-state index in [4.69, 9.17) is 9.84 Å². The van der Waals surface area contributed by atoms with Gasteiger partial charge in [0.2, 0.25) is 0 Å². The largest absolute Gasteiger partial charge is 0.493 e. The number of benzene rings is 2. The highest BCUT2D eigenvalue weighted by atomic mass is 16.5. The number of hydrogen-bond acceptors (Lipinski definition) is 2. The maximum absolute atomic E-state index is 10.7. The van der Waals surface area contributed by atoms with Crippen LogP contribution in [0.1, 0.15) is 30.4 Å². The molecule has 0 amide bonds. The molecule has 1 atom stereocenters. The van der Waals surface area contributed by atoms with Crippen molar-refractivity contribution < 1.29 is 14.6 Å². The minimum Gasteiger partial charge on any atom is -0.493 e. The van der Waals surface area contributed by atoms with E-state index >= 15 is 0 Å². The first-order chi connectivity index (χ1) is 10.1. The van der Waals surface area contributed by atoms with Gasteiger partial charge < -0.3 is 9.84 Å². The summed E-state index contributed by atoms with van der Waals surface area (Å²) in [5.74, 6) is 0.0590. The van der Waals surface area contributed by atoms with Crippen molar-refractivity contribution in [2.24, 2.45) is 0 Å². The molecule has 0 aliphatic heterocycles. The zero-order valence-electron chi connectivity index (χ0n) is 12.2. The van der Waals surface area contributed by atoms with Gasteiger partial charge in [0.25, 0.3) is 0 Å². The average Bonchev–Trinajstić information content (AvgIpc) is 2.48. The number of aliphatic carboxylic acids is 1. The van der Waals surface area contributed by atoms with E-state index in [1.165, 1.54) is 5.56 Å². The zero-order valence-corrected chi connectivity index (χ0v) is 12.2. The molecular formula is C18H20O3. The van der Waals surface area contributed by atoms with Crippen LogP contribution in [-0.2, 0) is 11.2 Å². The highest BCUT2D eigenvalue weighted by molar-refractivity contribution is 5.67. The molecule has 0 bridgehead atoms. The van der Waals surface area contributed by atoms with Crippen LogP contribution in [0.3, 0.4) is 0 Å². The Labute approximate surface area is 125 Å². The number of carboxylic acids is 1. The molecule has 21 heavy (non-hydrogen) atoms. The Kier molecular flexibility index (Phi) is 5.38. The summed E-state index contributed by atoms with van der Waals surface area (Å²) in [7, 11) is 0. The Balaban J connectivity index is 1.83. The quantitative estimate of drug-likeness (QED) is 0.839. The van der Waals surface area contributed by atoms with E-state index in [-0.39, 0.29) is 12.3 Å². The second kappa shape index (κ2) is 7.48. The Hall–Kier alpha value is -2.29. The Morgan fingerprint density at radius 1 is 1.10 bits per heavy atom. The van der Waals surface area contributed by atoms with E-state index in [1.54, 1.807) is 0 Å². The fourth-order valence-corrected chi connectivity index (χ4v) is 2.20. The molecule has 2 aromatic rings. The van der Waals surface area contributed by atoms with Crippen molar-refractivity contribution in [1.29, 1.82) is 0 Å². The van der Waals surface area contributed by atoms with Gasteiger partial charge >= 0.3 is 5.97 Å². The molecule has 1 unspecified atom stereocenters. The van der Waals surface area contributed by atoms with Gasteiger partial charge in [-0.15, -0.1) is 0 Å². The number of carbonyl (C=O) groups is 1.